The minimum atomic E-state index is -4.72. The molecular formula is C9H7Br2F4NO. The third-order valence-electron chi connectivity index (χ3n) is 2.31. The monoisotopic (exact) mass is 379 g/mol. The molecule has 0 aliphatic rings. The molecule has 0 saturated heterocycles. The molecule has 1 rings (SSSR count). The average molecular weight is 381 g/mol. The van der Waals surface area contributed by atoms with Crippen molar-refractivity contribution in [1.29, 1.82) is 0 Å². The van der Waals surface area contributed by atoms with Crippen molar-refractivity contribution in [1.82, 2.24) is 0 Å². The van der Waals surface area contributed by atoms with Gasteiger partial charge in [0.25, 0.3) is 0 Å². The molecular weight excluding hydrogens is 374 g/mol. The van der Waals surface area contributed by atoms with Crippen LogP contribution in [0.2, 0.25) is 0 Å². The summed E-state index contributed by atoms with van der Waals surface area (Å²) < 4.78 is 51.5. The molecule has 0 spiro atoms. The van der Waals surface area contributed by atoms with Gasteiger partial charge < -0.3 is 0 Å². The molecule has 1 atom stereocenters. The van der Waals surface area contributed by atoms with E-state index in [1.165, 1.54) is 0 Å². The Labute approximate surface area is 111 Å². The highest BCUT2D eigenvalue weighted by molar-refractivity contribution is 9.11. The Bertz CT molecular complexity index is 414. The van der Waals surface area contributed by atoms with E-state index in [0.29, 0.717) is 0 Å². The smallest absolute Gasteiger partial charge is 0.284 e. The summed E-state index contributed by atoms with van der Waals surface area (Å²) in [6, 6.07) is 1.95. The largest absolute Gasteiger partial charge is 0.423 e. The number of alkyl halides is 3. The van der Waals surface area contributed by atoms with Crippen molar-refractivity contribution >= 4 is 31.9 Å². The van der Waals surface area contributed by atoms with Crippen molar-refractivity contribution < 1.29 is 22.4 Å². The van der Waals surface area contributed by atoms with Crippen LogP contribution >= 0.6 is 31.9 Å². The Morgan fingerprint density at radius 3 is 1.88 bits per heavy atom. The lowest BCUT2D eigenvalue weighted by atomic mass is 9.95. The molecule has 8 heteroatoms. The van der Waals surface area contributed by atoms with Gasteiger partial charge in [-0.3, -0.25) is 4.84 Å². The highest BCUT2D eigenvalue weighted by Crippen LogP contribution is 2.42. The van der Waals surface area contributed by atoms with E-state index in [4.69, 9.17) is 5.90 Å². The van der Waals surface area contributed by atoms with Crippen LogP contribution in [0.25, 0.3) is 0 Å². The molecule has 2 nitrogen and oxygen atoms in total. The maximum atomic E-state index is 13.3. The fourth-order valence-corrected chi connectivity index (χ4v) is 2.32. The zero-order valence-electron chi connectivity index (χ0n) is 8.41. The van der Waals surface area contributed by atoms with Gasteiger partial charge in [0.15, 0.2) is 5.82 Å². The van der Waals surface area contributed by atoms with Gasteiger partial charge in [0.2, 0.25) is 5.60 Å². The first-order valence-corrected chi connectivity index (χ1v) is 5.81. The van der Waals surface area contributed by atoms with Crippen molar-refractivity contribution in [3.05, 3.63) is 32.5 Å². The van der Waals surface area contributed by atoms with Gasteiger partial charge in [-0.25, -0.2) is 10.3 Å². The van der Waals surface area contributed by atoms with Crippen LogP contribution in [-0.2, 0) is 10.4 Å². The van der Waals surface area contributed by atoms with Crippen molar-refractivity contribution in [2.24, 2.45) is 5.90 Å². The molecule has 0 radical (unpaired) electrons. The Balaban J connectivity index is 3.42. The summed E-state index contributed by atoms with van der Waals surface area (Å²) in [5, 5.41) is 0. The topological polar surface area (TPSA) is 35.2 Å². The Morgan fingerprint density at radius 1 is 1.18 bits per heavy atom. The zero-order chi connectivity index (χ0) is 13.4. The van der Waals surface area contributed by atoms with Crippen LogP contribution in [0.15, 0.2) is 21.1 Å². The van der Waals surface area contributed by atoms with Crippen LogP contribution in [-0.4, -0.2) is 6.18 Å². The van der Waals surface area contributed by atoms with Crippen LogP contribution in [0.1, 0.15) is 12.5 Å². The van der Waals surface area contributed by atoms with Crippen LogP contribution in [0, 0.1) is 5.82 Å². The average Bonchev–Trinajstić information content (AvgIpc) is 2.22. The highest BCUT2D eigenvalue weighted by atomic mass is 79.9. The van der Waals surface area contributed by atoms with Crippen LogP contribution in [0.4, 0.5) is 17.6 Å². The molecule has 17 heavy (non-hydrogen) atoms. The molecule has 0 aromatic heterocycles. The number of hydrogen-bond acceptors (Lipinski definition) is 2. The zero-order valence-corrected chi connectivity index (χ0v) is 11.6. The number of rotatable bonds is 2. The van der Waals surface area contributed by atoms with E-state index in [2.05, 4.69) is 36.7 Å². The second-order valence-corrected chi connectivity index (χ2v) is 5.11. The van der Waals surface area contributed by atoms with E-state index in [1.54, 1.807) is 0 Å². The summed E-state index contributed by atoms with van der Waals surface area (Å²) in [7, 11) is 0. The van der Waals surface area contributed by atoms with Crippen molar-refractivity contribution in [2.75, 3.05) is 0 Å². The molecule has 0 heterocycles. The van der Waals surface area contributed by atoms with E-state index in [1.807, 2.05) is 0 Å². The summed E-state index contributed by atoms with van der Waals surface area (Å²) >= 11 is 5.63. The molecule has 0 aliphatic carbocycles. The molecule has 0 fully saturated rings. The van der Waals surface area contributed by atoms with Crippen LogP contribution in [0.3, 0.4) is 0 Å². The number of nitrogens with two attached hydrogens (primary N) is 1. The van der Waals surface area contributed by atoms with Gasteiger partial charge in [-0.1, -0.05) is 0 Å². The Morgan fingerprint density at radius 2 is 1.59 bits per heavy atom. The first-order valence-electron chi connectivity index (χ1n) is 4.23. The maximum Gasteiger partial charge on any atom is 0.423 e. The summed E-state index contributed by atoms with van der Waals surface area (Å²) in [6.45, 7) is 0.763. The lowest BCUT2D eigenvalue weighted by molar-refractivity contribution is -0.279. The van der Waals surface area contributed by atoms with Crippen LogP contribution < -0.4 is 5.90 Å². The first-order chi connectivity index (χ1) is 7.63. The highest BCUT2D eigenvalue weighted by Gasteiger charge is 2.54. The van der Waals surface area contributed by atoms with Gasteiger partial charge in [-0.15, -0.1) is 0 Å². The lowest BCUT2D eigenvalue weighted by Gasteiger charge is -2.30. The number of halogens is 6. The fourth-order valence-electron chi connectivity index (χ4n) is 1.13. The predicted octanol–water partition coefficient (Wildman–Crippen LogP) is 4.02. The summed E-state index contributed by atoms with van der Waals surface area (Å²) in [5.41, 5.74) is -3.01. The predicted molar refractivity (Wildman–Crippen MR) is 60.5 cm³/mol. The fraction of sp³-hybridized carbons (Fsp3) is 0.333. The lowest BCUT2D eigenvalue weighted by Crippen LogP contribution is -2.44. The maximum absolute atomic E-state index is 13.3. The van der Waals surface area contributed by atoms with Crippen molar-refractivity contribution in [3.8, 4) is 0 Å². The van der Waals surface area contributed by atoms with Gasteiger partial charge >= 0.3 is 6.18 Å². The van der Waals surface area contributed by atoms with Gasteiger partial charge in [0.1, 0.15) is 0 Å². The molecule has 0 aliphatic heterocycles. The molecule has 2 N–H and O–H groups in total. The molecule has 1 unspecified atom stereocenters. The number of hydrogen-bond donors (Lipinski definition) is 1. The summed E-state index contributed by atoms with van der Waals surface area (Å²) in [6.07, 6.45) is -4.72. The molecule has 0 amide bonds. The van der Waals surface area contributed by atoms with Crippen LogP contribution in [0.5, 0.6) is 0 Å². The second-order valence-electron chi connectivity index (χ2n) is 3.40. The quantitative estimate of drug-likeness (QED) is 0.478. The molecule has 0 bridgehead atoms. The number of benzene rings is 1. The van der Waals surface area contributed by atoms with Crippen molar-refractivity contribution in [2.45, 2.75) is 18.7 Å². The second kappa shape index (κ2) is 4.83. The SMILES string of the molecule is CC(ON)(c1cc(Br)c(F)c(Br)c1)C(F)(F)F. The van der Waals surface area contributed by atoms with E-state index in [0.717, 1.165) is 19.1 Å². The van der Waals surface area contributed by atoms with E-state index in [9.17, 15) is 17.6 Å². The van der Waals surface area contributed by atoms with E-state index >= 15 is 0 Å². The minimum Gasteiger partial charge on any atom is -0.284 e. The molecule has 96 valence electrons. The third kappa shape index (κ3) is 2.64. The molecule has 0 saturated carbocycles. The minimum absolute atomic E-state index is 0.116. The first kappa shape index (κ1) is 14.9. The van der Waals surface area contributed by atoms with E-state index in [-0.39, 0.29) is 14.5 Å². The van der Waals surface area contributed by atoms with Gasteiger partial charge in [-0.05, 0) is 56.5 Å². The third-order valence-corrected chi connectivity index (χ3v) is 3.47. The molecule has 1 aromatic rings. The van der Waals surface area contributed by atoms with Gasteiger partial charge in [0, 0.05) is 0 Å². The Kier molecular flexibility index (Phi) is 4.23. The molecule has 1 aromatic carbocycles. The Hall–Kier alpha value is -0.180. The van der Waals surface area contributed by atoms with Gasteiger partial charge in [0.05, 0.1) is 8.95 Å². The van der Waals surface area contributed by atoms with Crippen molar-refractivity contribution in [3.63, 3.8) is 0 Å². The normalized spacial score (nSPS) is 15.8. The standard InChI is InChI=1S/C9H7Br2F4NO/c1-8(17-16,9(13,14)15)4-2-5(10)7(12)6(11)3-4/h2-3H,16H2,1H3. The van der Waals surface area contributed by atoms with Gasteiger partial charge in [-0.2, -0.15) is 13.2 Å². The summed E-state index contributed by atoms with van der Waals surface area (Å²) in [4.78, 5) is 4.05. The summed E-state index contributed by atoms with van der Waals surface area (Å²) in [5.74, 6) is 4.02. The van der Waals surface area contributed by atoms with E-state index < -0.39 is 17.6 Å².